The van der Waals surface area contributed by atoms with Crippen LogP contribution < -0.4 is 5.32 Å². The molecule has 0 radical (unpaired) electrons. The summed E-state index contributed by atoms with van der Waals surface area (Å²) < 4.78 is 6.09. The molecule has 0 saturated carbocycles. The summed E-state index contributed by atoms with van der Waals surface area (Å²) in [5.74, 6) is -0.229. The molecule has 1 aliphatic rings. The SMILES string of the molecule is CCCCc1ccc(C(=O)OC2(c3ccccc3)CCNCC2)cc1. The summed E-state index contributed by atoms with van der Waals surface area (Å²) in [5.41, 5.74) is 2.47. The largest absolute Gasteiger partial charge is 0.450 e. The predicted molar refractivity (Wildman–Crippen MR) is 101 cm³/mol. The number of carbonyl (C=O) groups is 1. The first-order chi connectivity index (χ1) is 12.2. The van der Waals surface area contributed by atoms with E-state index in [0.717, 1.165) is 37.9 Å². The summed E-state index contributed by atoms with van der Waals surface area (Å²) in [7, 11) is 0. The fourth-order valence-corrected chi connectivity index (χ4v) is 3.45. The van der Waals surface area contributed by atoms with Crippen LogP contribution in [0.5, 0.6) is 0 Å². The Hall–Kier alpha value is -2.13. The van der Waals surface area contributed by atoms with Gasteiger partial charge in [-0.1, -0.05) is 55.8 Å². The van der Waals surface area contributed by atoms with E-state index in [-0.39, 0.29) is 5.97 Å². The minimum absolute atomic E-state index is 0.229. The van der Waals surface area contributed by atoms with Crippen molar-refractivity contribution < 1.29 is 9.53 Å². The molecule has 2 aromatic carbocycles. The number of esters is 1. The minimum Gasteiger partial charge on any atom is -0.450 e. The summed E-state index contributed by atoms with van der Waals surface area (Å²) in [6, 6.07) is 18.0. The molecule has 3 heteroatoms. The quantitative estimate of drug-likeness (QED) is 0.791. The van der Waals surface area contributed by atoms with E-state index in [0.29, 0.717) is 5.56 Å². The highest BCUT2D eigenvalue weighted by molar-refractivity contribution is 5.89. The highest BCUT2D eigenvalue weighted by atomic mass is 16.6. The van der Waals surface area contributed by atoms with Crippen LogP contribution in [-0.4, -0.2) is 19.1 Å². The van der Waals surface area contributed by atoms with Gasteiger partial charge in [0.1, 0.15) is 5.60 Å². The van der Waals surface area contributed by atoms with E-state index in [2.05, 4.69) is 24.4 Å². The molecule has 1 fully saturated rings. The topological polar surface area (TPSA) is 38.3 Å². The van der Waals surface area contributed by atoms with Crippen molar-refractivity contribution in [3.8, 4) is 0 Å². The Balaban J connectivity index is 1.76. The molecule has 1 heterocycles. The number of hydrogen-bond acceptors (Lipinski definition) is 3. The maximum atomic E-state index is 12.8. The van der Waals surface area contributed by atoms with Gasteiger partial charge in [-0.2, -0.15) is 0 Å². The second kappa shape index (κ2) is 8.30. The van der Waals surface area contributed by atoms with Gasteiger partial charge in [0, 0.05) is 12.8 Å². The van der Waals surface area contributed by atoms with Crippen LogP contribution >= 0.6 is 0 Å². The van der Waals surface area contributed by atoms with E-state index in [1.54, 1.807) is 0 Å². The first-order valence-electron chi connectivity index (χ1n) is 9.32. The lowest BCUT2D eigenvalue weighted by molar-refractivity contribution is -0.0378. The van der Waals surface area contributed by atoms with Gasteiger partial charge in [-0.15, -0.1) is 0 Å². The van der Waals surface area contributed by atoms with Crippen LogP contribution in [0.15, 0.2) is 54.6 Å². The molecule has 3 rings (SSSR count). The molecule has 25 heavy (non-hydrogen) atoms. The number of nitrogens with one attached hydrogen (secondary N) is 1. The molecule has 3 nitrogen and oxygen atoms in total. The van der Waals surface area contributed by atoms with Gasteiger partial charge in [0.25, 0.3) is 0 Å². The highest BCUT2D eigenvalue weighted by Crippen LogP contribution is 2.35. The molecule has 0 amide bonds. The number of rotatable bonds is 6. The van der Waals surface area contributed by atoms with Crippen LogP contribution in [0.4, 0.5) is 0 Å². The monoisotopic (exact) mass is 337 g/mol. The smallest absolute Gasteiger partial charge is 0.339 e. The van der Waals surface area contributed by atoms with Crippen molar-refractivity contribution in [3.63, 3.8) is 0 Å². The third kappa shape index (κ3) is 4.29. The second-order valence-corrected chi connectivity index (χ2v) is 6.80. The average Bonchev–Trinajstić information content (AvgIpc) is 2.68. The number of benzene rings is 2. The average molecular weight is 337 g/mol. The van der Waals surface area contributed by atoms with Gasteiger partial charge in [0.2, 0.25) is 0 Å². The zero-order valence-corrected chi connectivity index (χ0v) is 15.0. The third-order valence-corrected chi connectivity index (χ3v) is 5.01. The maximum absolute atomic E-state index is 12.8. The Morgan fingerprint density at radius 3 is 2.36 bits per heavy atom. The predicted octanol–water partition coefficient (Wildman–Crippen LogP) is 4.46. The Bertz CT molecular complexity index is 673. The first-order valence-corrected chi connectivity index (χ1v) is 9.32. The molecule has 1 aliphatic heterocycles. The van der Waals surface area contributed by atoms with Crippen molar-refractivity contribution in [2.45, 2.75) is 44.6 Å². The fourth-order valence-electron chi connectivity index (χ4n) is 3.45. The van der Waals surface area contributed by atoms with Gasteiger partial charge in [0.05, 0.1) is 5.56 Å². The van der Waals surface area contributed by atoms with E-state index in [1.807, 2.05) is 42.5 Å². The van der Waals surface area contributed by atoms with Gasteiger partial charge >= 0.3 is 5.97 Å². The molecule has 0 spiro atoms. The molecule has 0 aromatic heterocycles. The van der Waals surface area contributed by atoms with Gasteiger partial charge in [-0.05, 0) is 49.2 Å². The van der Waals surface area contributed by atoms with Crippen LogP contribution in [0.25, 0.3) is 0 Å². The number of ether oxygens (including phenoxy) is 1. The zero-order chi connectivity index (χ0) is 17.5. The van der Waals surface area contributed by atoms with Gasteiger partial charge in [-0.3, -0.25) is 0 Å². The molecule has 2 aromatic rings. The van der Waals surface area contributed by atoms with E-state index < -0.39 is 5.60 Å². The van der Waals surface area contributed by atoms with E-state index in [1.165, 1.54) is 18.4 Å². The zero-order valence-electron chi connectivity index (χ0n) is 15.0. The number of piperidine rings is 1. The van der Waals surface area contributed by atoms with Gasteiger partial charge < -0.3 is 10.1 Å². The Kier molecular flexibility index (Phi) is 5.87. The molecule has 0 unspecified atom stereocenters. The Morgan fingerprint density at radius 1 is 1.04 bits per heavy atom. The van der Waals surface area contributed by atoms with Crippen molar-refractivity contribution in [2.24, 2.45) is 0 Å². The molecule has 132 valence electrons. The summed E-state index contributed by atoms with van der Waals surface area (Å²) in [5, 5.41) is 3.36. The molecule has 1 saturated heterocycles. The van der Waals surface area contributed by atoms with Crippen LogP contribution in [0.1, 0.15) is 54.1 Å². The summed E-state index contributed by atoms with van der Waals surface area (Å²) in [6.45, 7) is 3.91. The highest BCUT2D eigenvalue weighted by Gasteiger charge is 2.37. The van der Waals surface area contributed by atoms with Gasteiger partial charge in [0.15, 0.2) is 0 Å². The van der Waals surface area contributed by atoms with Crippen molar-refractivity contribution >= 4 is 5.97 Å². The molecule has 1 N–H and O–H groups in total. The van der Waals surface area contributed by atoms with Crippen molar-refractivity contribution in [1.82, 2.24) is 5.32 Å². The summed E-state index contributed by atoms with van der Waals surface area (Å²) in [4.78, 5) is 12.8. The second-order valence-electron chi connectivity index (χ2n) is 6.80. The van der Waals surface area contributed by atoms with E-state index in [9.17, 15) is 4.79 Å². The maximum Gasteiger partial charge on any atom is 0.339 e. The van der Waals surface area contributed by atoms with Crippen LogP contribution in [0.3, 0.4) is 0 Å². The standard InChI is InChI=1S/C22H27NO2/c1-2-3-7-18-10-12-19(13-11-18)21(24)25-22(14-16-23-17-15-22)20-8-5-4-6-9-20/h4-6,8-13,23H,2-3,7,14-17H2,1H3. The number of carbonyl (C=O) groups excluding carboxylic acids is 1. The van der Waals surface area contributed by atoms with Crippen LogP contribution in [0, 0.1) is 0 Å². The molecule has 0 aliphatic carbocycles. The number of aryl methyl sites for hydroxylation is 1. The lowest BCUT2D eigenvalue weighted by Gasteiger charge is -2.37. The van der Waals surface area contributed by atoms with E-state index >= 15 is 0 Å². The molecular weight excluding hydrogens is 310 g/mol. The van der Waals surface area contributed by atoms with Crippen LogP contribution in [0.2, 0.25) is 0 Å². The number of hydrogen-bond donors (Lipinski definition) is 1. The van der Waals surface area contributed by atoms with E-state index in [4.69, 9.17) is 4.74 Å². The third-order valence-electron chi connectivity index (χ3n) is 5.01. The molecular formula is C22H27NO2. The summed E-state index contributed by atoms with van der Waals surface area (Å²) >= 11 is 0. The Morgan fingerprint density at radius 2 is 1.72 bits per heavy atom. The number of unbranched alkanes of at least 4 members (excludes halogenated alkanes) is 1. The van der Waals surface area contributed by atoms with Gasteiger partial charge in [-0.25, -0.2) is 4.79 Å². The van der Waals surface area contributed by atoms with Crippen LogP contribution in [-0.2, 0) is 16.8 Å². The Labute approximate surface area is 150 Å². The minimum atomic E-state index is -0.523. The lowest BCUT2D eigenvalue weighted by atomic mass is 9.84. The van der Waals surface area contributed by atoms with Crippen molar-refractivity contribution in [3.05, 3.63) is 71.3 Å². The fraction of sp³-hybridized carbons (Fsp3) is 0.409. The molecule has 0 atom stereocenters. The van der Waals surface area contributed by atoms with Crippen molar-refractivity contribution in [1.29, 1.82) is 0 Å². The lowest BCUT2D eigenvalue weighted by Crippen LogP contribution is -2.43. The van der Waals surface area contributed by atoms with Crippen molar-refractivity contribution in [2.75, 3.05) is 13.1 Å². The summed E-state index contributed by atoms with van der Waals surface area (Å²) in [6.07, 6.45) is 5.02. The molecule has 0 bridgehead atoms. The normalized spacial score (nSPS) is 16.4. The first kappa shape index (κ1) is 17.7.